The predicted octanol–water partition coefficient (Wildman–Crippen LogP) is -0.204. The standard InChI is InChI=1S/C17H21N2O.ClH/c1-13-5-7-15(8-6-13)17(20)14(2)19-11-9-16(10-12-19)18(3)4;/h5-12,14H,1-4H3;1H/q+1;/p-1. The minimum atomic E-state index is -0.200. The number of aryl methyl sites for hydroxylation is 1. The summed E-state index contributed by atoms with van der Waals surface area (Å²) in [4.78, 5) is 14.5. The van der Waals surface area contributed by atoms with Crippen molar-refractivity contribution in [1.82, 2.24) is 0 Å². The van der Waals surface area contributed by atoms with E-state index in [2.05, 4.69) is 0 Å². The predicted molar refractivity (Wildman–Crippen MR) is 81.2 cm³/mol. The zero-order valence-corrected chi connectivity index (χ0v) is 13.6. The van der Waals surface area contributed by atoms with Crippen LogP contribution in [0.4, 0.5) is 5.69 Å². The fourth-order valence-corrected chi connectivity index (χ4v) is 2.08. The Morgan fingerprint density at radius 2 is 1.57 bits per heavy atom. The highest BCUT2D eigenvalue weighted by atomic mass is 35.5. The van der Waals surface area contributed by atoms with E-state index in [0.717, 1.165) is 16.8 Å². The minimum Gasteiger partial charge on any atom is -1.00 e. The Morgan fingerprint density at radius 3 is 2.05 bits per heavy atom. The highest BCUT2D eigenvalue weighted by Crippen LogP contribution is 2.12. The Bertz CT molecular complexity index is 591. The summed E-state index contributed by atoms with van der Waals surface area (Å²) >= 11 is 0. The Labute approximate surface area is 132 Å². The fourth-order valence-electron chi connectivity index (χ4n) is 2.08. The number of hydrogen-bond donors (Lipinski definition) is 0. The summed E-state index contributed by atoms with van der Waals surface area (Å²) in [7, 11) is 4.00. The Balaban J connectivity index is 0.00000220. The number of hydrogen-bond acceptors (Lipinski definition) is 2. The van der Waals surface area contributed by atoms with Crippen molar-refractivity contribution in [2.24, 2.45) is 0 Å². The van der Waals surface area contributed by atoms with E-state index >= 15 is 0 Å². The van der Waals surface area contributed by atoms with Gasteiger partial charge in [0.25, 0.3) is 0 Å². The second kappa shape index (κ2) is 7.23. The van der Waals surface area contributed by atoms with Crippen LogP contribution < -0.4 is 21.9 Å². The van der Waals surface area contributed by atoms with Crippen LogP contribution in [0.15, 0.2) is 48.8 Å². The number of rotatable bonds is 4. The molecule has 1 heterocycles. The van der Waals surface area contributed by atoms with E-state index in [1.54, 1.807) is 0 Å². The van der Waals surface area contributed by atoms with Crippen molar-refractivity contribution in [3.05, 3.63) is 59.9 Å². The molecule has 0 aliphatic heterocycles. The molecule has 0 bridgehead atoms. The molecule has 0 saturated carbocycles. The quantitative estimate of drug-likeness (QED) is 0.577. The lowest BCUT2D eigenvalue weighted by Gasteiger charge is -2.12. The number of benzene rings is 1. The van der Waals surface area contributed by atoms with Gasteiger partial charge in [-0.25, -0.2) is 0 Å². The average Bonchev–Trinajstić information content (AvgIpc) is 2.46. The number of Topliss-reactive ketones (excluding diaryl/α,β-unsaturated/α-hetero) is 1. The maximum Gasteiger partial charge on any atom is 0.230 e. The van der Waals surface area contributed by atoms with E-state index in [1.165, 1.54) is 0 Å². The van der Waals surface area contributed by atoms with Crippen molar-refractivity contribution in [3.8, 4) is 0 Å². The van der Waals surface area contributed by atoms with Gasteiger partial charge in [0.1, 0.15) is 0 Å². The van der Waals surface area contributed by atoms with Crippen LogP contribution in [0.25, 0.3) is 0 Å². The first-order valence-electron chi connectivity index (χ1n) is 6.78. The molecule has 21 heavy (non-hydrogen) atoms. The van der Waals surface area contributed by atoms with E-state index in [-0.39, 0.29) is 24.2 Å². The number of halogens is 1. The Hall–Kier alpha value is -1.87. The molecule has 2 aromatic rings. The van der Waals surface area contributed by atoms with E-state index in [9.17, 15) is 4.79 Å². The molecule has 0 spiro atoms. The molecule has 1 aromatic carbocycles. The number of ketones is 1. The first-order valence-corrected chi connectivity index (χ1v) is 6.78. The topological polar surface area (TPSA) is 24.2 Å². The van der Waals surface area contributed by atoms with Gasteiger partial charge in [0, 0.05) is 44.4 Å². The molecule has 0 amide bonds. The van der Waals surface area contributed by atoms with Crippen molar-refractivity contribution < 1.29 is 21.8 Å². The smallest absolute Gasteiger partial charge is 0.230 e. The van der Waals surface area contributed by atoms with Gasteiger partial charge in [-0.1, -0.05) is 29.8 Å². The van der Waals surface area contributed by atoms with Crippen molar-refractivity contribution in [2.75, 3.05) is 19.0 Å². The normalized spacial score (nSPS) is 11.4. The van der Waals surface area contributed by atoms with Gasteiger partial charge < -0.3 is 17.3 Å². The molecule has 0 fully saturated rings. The number of aromatic nitrogens is 1. The molecular formula is C17H21ClN2O. The van der Waals surface area contributed by atoms with Crippen LogP contribution in [0.5, 0.6) is 0 Å². The molecule has 0 aliphatic carbocycles. The average molecular weight is 305 g/mol. The molecule has 1 aromatic heterocycles. The van der Waals surface area contributed by atoms with Crippen molar-refractivity contribution in [1.29, 1.82) is 0 Å². The van der Waals surface area contributed by atoms with Crippen LogP contribution in [0.1, 0.15) is 28.9 Å². The molecule has 2 rings (SSSR count). The first-order chi connectivity index (χ1) is 9.49. The lowest BCUT2D eigenvalue weighted by Crippen LogP contribution is -3.00. The third-order valence-corrected chi connectivity index (χ3v) is 3.51. The minimum absolute atomic E-state index is 0. The fraction of sp³-hybridized carbons (Fsp3) is 0.294. The number of nitrogens with zero attached hydrogens (tertiary/aromatic N) is 2. The second-order valence-corrected chi connectivity index (χ2v) is 5.30. The van der Waals surface area contributed by atoms with Crippen molar-refractivity contribution in [3.63, 3.8) is 0 Å². The molecule has 0 N–H and O–H groups in total. The van der Waals surface area contributed by atoms with E-state index in [1.807, 2.05) is 86.2 Å². The van der Waals surface area contributed by atoms with E-state index in [0.29, 0.717) is 0 Å². The molecule has 3 nitrogen and oxygen atoms in total. The largest absolute Gasteiger partial charge is 1.00 e. The zero-order chi connectivity index (χ0) is 14.7. The Kier molecular flexibility index (Phi) is 5.91. The molecule has 1 unspecified atom stereocenters. The summed E-state index contributed by atoms with van der Waals surface area (Å²) in [5.74, 6) is 0.132. The van der Waals surface area contributed by atoms with Gasteiger partial charge in [0.15, 0.2) is 12.4 Å². The van der Waals surface area contributed by atoms with Gasteiger partial charge in [-0.3, -0.25) is 4.79 Å². The maximum absolute atomic E-state index is 12.4. The maximum atomic E-state index is 12.4. The summed E-state index contributed by atoms with van der Waals surface area (Å²) in [5, 5.41) is 0. The highest BCUT2D eigenvalue weighted by Gasteiger charge is 2.23. The lowest BCUT2D eigenvalue weighted by molar-refractivity contribution is -0.704. The van der Waals surface area contributed by atoms with Crippen LogP contribution in [0.2, 0.25) is 0 Å². The highest BCUT2D eigenvalue weighted by molar-refractivity contribution is 5.97. The number of anilines is 1. The second-order valence-electron chi connectivity index (χ2n) is 5.30. The van der Waals surface area contributed by atoms with Crippen molar-refractivity contribution in [2.45, 2.75) is 19.9 Å². The zero-order valence-electron chi connectivity index (χ0n) is 12.9. The third-order valence-electron chi connectivity index (χ3n) is 3.51. The molecule has 1 atom stereocenters. The molecule has 0 aliphatic rings. The number of carbonyl (C=O) groups excluding carboxylic acids is 1. The summed E-state index contributed by atoms with van der Waals surface area (Å²) in [5.41, 5.74) is 3.04. The molecular weight excluding hydrogens is 284 g/mol. The van der Waals surface area contributed by atoms with Crippen LogP contribution in [0, 0.1) is 6.92 Å². The molecule has 112 valence electrons. The number of carbonyl (C=O) groups is 1. The number of pyridine rings is 1. The summed E-state index contributed by atoms with van der Waals surface area (Å²) in [6.45, 7) is 3.95. The van der Waals surface area contributed by atoms with E-state index in [4.69, 9.17) is 0 Å². The third kappa shape index (κ3) is 4.05. The summed E-state index contributed by atoms with van der Waals surface area (Å²) < 4.78 is 1.94. The summed E-state index contributed by atoms with van der Waals surface area (Å²) in [6.07, 6.45) is 3.90. The van der Waals surface area contributed by atoms with Crippen LogP contribution in [-0.4, -0.2) is 19.9 Å². The monoisotopic (exact) mass is 304 g/mol. The molecule has 0 saturated heterocycles. The van der Waals surface area contributed by atoms with Crippen LogP contribution in [0.3, 0.4) is 0 Å². The van der Waals surface area contributed by atoms with Gasteiger partial charge in [0.2, 0.25) is 11.8 Å². The Morgan fingerprint density at radius 1 is 1.05 bits per heavy atom. The first kappa shape index (κ1) is 17.2. The molecule has 4 heteroatoms. The van der Waals surface area contributed by atoms with E-state index < -0.39 is 0 Å². The van der Waals surface area contributed by atoms with Gasteiger partial charge in [-0.15, -0.1) is 0 Å². The van der Waals surface area contributed by atoms with Gasteiger partial charge >= 0.3 is 0 Å². The van der Waals surface area contributed by atoms with Crippen LogP contribution >= 0.6 is 0 Å². The van der Waals surface area contributed by atoms with Crippen molar-refractivity contribution >= 4 is 11.5 Å². The van der Waals surface area contributed by atoms with Crippen LogP contribution in [-0.2, 0) is 0 Å². The SMILES string of the molecule is Cc1ccc(C(=O)C(C)[n+]2ccc(N(C)C)cc2)cc1.[Cl-]. The lowest BCUT2D eigenvalue weighted by atomic mass is 10.0. The van der Waals surface area contributed by atoms with Gasteiger partial charge in [-0.2, -0.15) is 4.57 Å². The van der Waals surface area contributed by atoms with Gasteiger partial charge in [-0.05, 0) is 6.92 Å². The summed E-state index contributed by atoms with van der Waals surface area (Å²) in [6, 6.07) is 11.6. The molecule has 0 radical (unpaired) electrons. The van der Waals surface area contributed by atoms with Gasteiger partial charge in [0.05, 0.1) is 0 Å².